The van der Waals surface area contributed by atoms with E-state index in [0.29, 0.717) is 43.9 Å². The number of pyridine rings is 1. The van der Waals surface area contributed by atoms with Crippen LogP contribution in [-0.2, 0) is 10.6 Å². The second-order valence-corrected chi connectivity index (χ2v) is 10.3. The number of piperazine rings is 2. The third kappa shape index (κ3) is 6.43. The number of alkyl halides is 4. The molecule has 2 saturated heterocycles. The number of rotatable bonds is 7. The van der Waals surface area contributed by atoms with Crippen molar-refractivity contribution in [2.75, 3.05) is 73.6 Å². The van der Waals surface area contributed by atoms with Crippen LogP contribution in [0.5, 0.6) is 0 Å². The van der Waals surface area contributed by atoms with Crippen molar-refractivity contribution in [2.24, 2.45) is 0 Å². The Balaban J connectivity index is 1.39. The maximum Gasteiger partial charge on any atom is 0.419 e. The van der Waals surface area contributed by atoms with Crippen molar-refractivity contribution in [1.29, 1.82) is 0 Å². The van der Waals surface area contributed by atoms with Crippen LogP contribution < -0.4 is 14.7 Å². The first-order valence-electron chi connectivity index (χ1n) is 12.9. The summed E-state index contributed by atoms with van der Waals surface area (Å²) in [6.45, 7) is 9.73. The van der Waals surface area contributed by atoms with Crippen molar-refractivity contribution < 1.29 is 13.2 Å². The minimum absolute atomic E-state index is 0.0329. The number of hydrogen-bond acceptors (Lipinski definition) is 8. The summed E-state index contributed by atoms with van der Waals surface area (Å²) in [5.41, 5.74) is 1.41. The van der Waals surface area contributed by atoms with Gasteiger partial charge in [0.05, 0.1) is 5.56 Å². The smallest absolute Gasteiger partial charge is 0.353 e. The summed E-state index contributed by atoms with van der Waals surface area (Å²) < 4.78 is 41.6. The summed E-state index contributed by atoms with van der Waals surface area (Å²) in [6, 6.07) is 10.6. The third-order valence-electron chi connectivity index (χ3n) is 6.97. The first-order chi connectivity index (χ1) is 18.9. The van der Waals surface area contributed by atoms with Crippen LogP contribution >= 0.6 is 22.6 Å². The highest BCUT2D eigenvalue weighted by Gasteiger charge is 2.36. The standard InChI is InChI=1S/C27H30F3IN8/c1-2-10-36-11-13-38(14-12-36)25-33-23(21-7-5-20(19-31)6-8-21)34-26(35-25)39-17-15-37(16-18-39)24-22(27(28,29)30)4-3-9-32-24/h2-9H,1,10-19H2. The van der Waals surface area contributed by atoms with Gasteiger partial charge in [-0.05, 0) is 17.7 Å². The van der Waals surface area contributed by atoms with E-state index in [1.807, 2.05) is 23.1 Å². The molecule has 2 aromatic heterocycles. The molecular formula is C27H30F3IN8. The number of aromatic nitrogens is 4. The molecule has 8 nitrogen and oxygen atoms in total. The predicted molar refractivity (Wildman–Crippen MR) is 156 cm³/mol. The van der Waals surface area contributed by atoms with E-state index in [1.54, 1.807) is 4.90 Å². The van der Waals surface area contributed by atoms with Gasteiger partial charge in [-0.15, -0.1) is 6.58 Å². The van der Waals surface area contributed by atoms with Crippen LogP contribution in [0.25, 0.3) is 11.4 Å². The lowest BCUT2D eigenvalue weighted by atomic mass is 10.1. The molecule has 206 valence electrons. The predicted octanol–water partition coefficient (Wildman–Crippen LogP) is 4.52. The van der Waals surface area contributed by atoms with Crippen molar-refractivity contribution in [3.05, 3.63) is 66.4 Å². The summed E-state index contributed by atoms with van der Waals surface area (Å²) in [5.74, 6) is 1.72. The lowest BCUT2D eigenvalue weighted by molar-refractivity contribution is -0.137. The van der Waals surface area contributed by atoms with Gasteiger partial charge in [-0.2, -0.15) is 28.1 Å². The molecule has 0 bridgehead atoms. The van der Waals surface area contributed by atoms with Gasteiger partial charge in [-0.25, -0.2) is 4.98 Å². The number of nitrogens with zero attached hydrogens (tertiary/aromatic N) is 8. The SMILES string of the molecule is C=CCN1CCN(c2nc(-c3ccc(CI)cc3)nc(N3CCN(c4ncccc4C(F)(F)F)CC3)n2)CC1. The normalized spacial score (nSPS) is 17.0. The summed E-state index contributed by atoms with van der Waals surface area (Å²) in [5, 5.41) is 0. The molecular weight excluding hydrogens is 620 g/mol. The van der Waals surface area contributed by atoms with Crippen molar-refractivity contribution in [2.45, 2.75) is 10.6 Å². The molecule has 2 fully saturated rings. The Morgan fingerprint density at radius 3 is 1.97 bits per heavy atom. The second-order valence-electron chi connectivity index (χ2n) is 9.51. The Labute approximate surface area is 239 Å². The number of hydrogen-bond donors (Lipinski definition) is 0. The van der Waals surface area contributed by atoms with Crippen LogP contribution in [0.4, 0.5) is 30.9 Å². The van der Waals surface area contributed by atoms with E-state index in [4.69, 9.17) is 15.0 Å². The van der Waals surface area contributed by atoms with E-state index in [2.05, 4.69) is 56.1 Å². The van der Waals surface area contributed by atoms with Crippen molar-refractivity contribution in [3.63, 3.8) is 0 Å². The van der Waals surface area contributed by atoms with Gasteiger partial charge in [0.25, 0.3) is 0 Å². The van der Waals surface area contributed by atoms with Crippen LogP contribution in [0, 0.1) is 0 Å². The number of anilines is 3. The van der Waals surface area contributed by atoms with E-state index in [0.717, 1.165) is 48.8 Å². The summed E-state index contributed by atoms with van der Waals surface area (Å²) in [4.78, 5) is 26.8. The van der Waals surface area contributed by atoms with Gasteiger partial charge in [0, 0.05) is 75.1 Å². The molecule has 1 aromatic carbocycles. The molecule has 0 spiro atoms. The highest BCUT2D eigenvalue weighted by Crippen LogP contribution is 2.35. The first-order valence-corrected chi connectivity index (χ1v) is 14.4. The zero-order valence-electron chi connectivity index (χ0n) is 21.5. The van der Waals surface area contributed by atoms with E-state index in [9.17, 15) is 13.2 Å². The molecule has 0 saturated carbocycles. The second kappa shape index (κ2) is 12.0. The molecule has 0 amide bonds. The molecule has 2 aliphatic rings. The van der Waals surface area contributed by atoms with Gasteiger partial charge in [-0.3, -0.25) is 4.90 Å². The molecule has 0 aliphatic carbocycles. The number of halogens is 4. The fourth-order valence-corrected chi connectivity index (χ4v) is 5.32. The Bertz CT molecular complexity index is 1270. The van der Waals surface area contributed by atoms with Crippen LogP contribution in [0.1, 0.15) is 11.1 Å². The summed E-state index contributed by atoms with van der Waals surface area (Å²) in [6.07, 6.45) is -1.14. The van der Waals surface area contributed by atoms with Crippen LogP contribution in [0.2, 0.25) is 0 Å². The van der Waals surface area contributed by atoms with Crippen LogP contribution in [-0.4, -0.2) is 83.7 Å². The maximum absolute atomic E-state index is 13.6. The minimum Gasteiger partial charge on any atom is -0.353 e. The summed E-state index contributed by atoms with van der Waals surface area (Å²) in [7, 11) is 0. The van der Waals surface area contributed by atoms with Crippen molar-refractivity contribution in [1.82, 2.24) is 24.8 Å². The average Bonchev–Trinajstić information content (AvgIpc) is 2.97. The topological polar surface area (TPSA) is 64.5 Å². The molecule has 2 aliphatic heterocycles. The molecule has 12 heteroatoms. The van der Waals surface area contributed by atoms with Crippen molar-refractivity contribution >= 4 is 40.3 Å². The highest BCUT2D eigenvalue weighted by molar-refractivity contribution is 14.1. The molecule has 3 aromatic rings. The van der Waals surface area contributed by atoms with Crippen LogP contribution in [0.3, 0.4) is 0 Å². The highest BCUT2D eigenvalue weighted by atomic mass is 127. The molecule has 0 atom stereocenters. The van der Waals surface area contributed by atoms with E-state index in [-0.39, 0.29) is 5.82 Å². The molecule has 0 radical (unpaired) electrons. The maximum atomic E-state index is 13.6. The Morgan fingerprint density at radius 1 is 0.821 bits per heavy atom. The molecule has 0 N–H and O–H groups in total. The van der Waals surface area contributed by atoms with Gasteiger partial charge in [0.1, 0.15) is 5.82 Å². The minimum atomic E-state index is -4.46. The fourth-order valence-electron chi connectivity index (χ4n) is 4.81. The Morgan fingerprint density at radius 2 is 1.41 bits per heavy atom. The van der Waals surface area contributed by atoms with E-state index < -0.39 is 11.7 Å². The van der Waals surface area contributed by atoms with E-state index in [1.165, 1.54) is 17.8 Å². The largest absolute Gasteiger partial charge is 0.419 e. The number of benzene rings is 1. The average molecular weight is 650 g/mol. The lowest BCUT2D eigenvalue weighted by Gasteiger charge is -2.37. The van der Waals surface area contributed by atoms with Gasteiger partial charge in [-0.1, -0.05) is 52.9 Å². The fraction of sp³-hybridized carbons (Fsp3) is 0.407. The van der Waals surface area contributed by atoms with Gasteiger partial charge in [0.15, 0.2) is 5.82 Å². The summed E-state index contributed by atoms with van der Waals surface area (Å²) >= 11 is 2.33. The molecule has 4 heterocycles. The van der Waals surface area contributed by atoms with Gasteiger partial charge >= 0.3 is 6.18 Å². The van der Waals surface area contributed by atoms with Crippen molar-refractivity contribution in [3.8, 4) is 11.4 Å². The molecule has 39 heavy (non-hydrogen) atoms. The Hall–Kier alpha value is -3.00. The lowest BCUT2D eigenvalue weighted by Crippen LogP contribution is -2.49. The molecule has 0 unspecified atom stereocenters. The monoisotopic (exact) mass is 650 g/mol. The zero-order valence-corrected chi connectivity index (χ0v) is 23.6. The van der Waals surface area contributed by atoms with Gasteiger partial charge < -0.3 is 14.7 Å². The third-order valence-corrected chi connectivity index (χ3v) is 7.86. The Kier molecular flexibility index (Phi) is 8.50. The van der Waals surface area contributed by atoms with E-state index >= 15 is 0 Å². The van der Waals surface area contributed by atoms with Gasteiger partial charge in [0.2, 0.25) is 11.9 Å². The first kappa shape index (κ1) is 27.6. The van der Waals surface area contributed by atoms with Crippen LogP contribution in [0.15, 0.2) is 55.3 Å². The zero-order chi connectivity index (χ0) is 27.4. The quantitative estimate of drug-likeness (QED) is 0.210. The molecule has 5 rings (SSSR count).